The molecule has 8 aromatic carbocycles. The van der Waals surface area contributed by atoms with Crippen LogP contribution in [0.25, 0.3) is 21.5 Å². The van der Waals surface area contributed by atoms with Crippen LogP contribution in [0.1, 0.15) is 11.1 Å². The van der Waals surface area contributed by atoms with Crippen molar-refractivity contribution < 1.29 is 44.8 Å². The average Bonchev–Trinajstić information content (AvgIpc) is 3.22. The molecule has 0 fully saturated rings. The van der Waals surface area contributed by atoms with E-state index >= 15 is 0 Å². The van der Waals surface area contributed by atoms with Crippen molar-refractivity contribution >= 4 is 58.6 Å². The summed E-state index contributed by atoms with van der Waals surface area (Å²) in [4.78, 5) is 0. The van der Waals surface area contributed by atoms with E-state index in [4.69, 9.17) is 12.8 Å². The Labute approximate surface area is 348 Å². The molecule has 0 bridgehead atoms. The largest absolute Gasteiger partial charge is 1.00 e. The summed E-state index contributed by atoms with van der Waals surface area (Å²) in [6, 6.07) is 72.3. The molecule has 0 unspecified atom stereocenters. The van der Waals surface area contributed by atoms with Gasteiger partial charge in [-0.2, -0.15) is 0 Å². The third-order valence-electron chi connectivity index (χ3n) is 8.66. The Morgan fingerprint density at radius 1 is 0.358 bits per heavy atom. The van der Waals surface area contributed by atoms with E-state index in [1.807, 2.05) is 78.9 Å². The fourth-order valence-corrected chi connectivity index (χ4v) is 13.8. The van der Waals surface area contributed by atoms with Crippen LogP contribution in [0.3, 0.4) is 0 Å². The van der Waals surface area contributed by atoms with Gasteiger partial charge in [0.1, 0.15) is 37.1 Å². The topological polar surface area (TPSA) is 0 Å². The minimum atomic E-state index is -0.847. The zero-order chi connectivity index (χ0) is 35.1. The third-order valence-corrected chi connectivity index (χ3v) is 15.6. The molecule has 0 N–H and O–H groups in total. The van der Waals surface area contributed by atoms with Gasteiger partial charge < -0.3 is 12.8 Å². The van der Waals surface area contributed by atoms with Crippen molar-refractivity contribution in [2.75, 3.05) is 5.90 Å². The number of hydrogen-bond donors (Lipinski definition) is 0. The van der Waals surface area contributed by atoms with Crippen molar-refractivity contribution in [3.8, 4) is 11.8 Å². The van der Waals surface area contributed by atoms with E-state index in [-0.39, 0.29) is 44.8 Å². The monoisotopic (exact) mass is 902 g/mol. The Hall–Kier alpha value is -4.26. The molecule has 0 heterocycles. The fourth-order valence-electron chi connectivity index (χ4n) is 6.08. The fraction of sp³-hybridized carbons (Fsp3) is 0.0204. The first-order chi connectivity index (χ1) is 25.2. The molecule has 8 aromatic rings. The van der Waals surface area contributed by atoms with E-state index in [9.17, 15) is 0 Å². The van der Waals surface area contributed by atoms with Crippen molar-refractivity contribution in [3.05, 3.63) is 230 Å². The molecule has 0 saturated heterocycles. The van der Waals surface area contributed by atoms with Crippen LogP contribution in [-0.4, -0.2) is 5.90 Å². The Bertz CT molecular complexity index is 2200. The summed E-state index contributed by atoms with van der Waals surface area (Å²) in [5, 5.41) is 10.6. The standard InChI is InChI=1S/C25H22P2.2C12H7.2Ag/c1-5-13-22(14-6-1)26(23-15-7-2-8-16-23)21-27(24-17-9-3-10-18-24)25-19-11-4-12-20-25;1-2-10-7-5-8-11-6-3-4-9-12(10)11;1-2-10-7-8-11-5-3-4-6-12(11)9-10;;/h1-20H,21H2;2*3-9H;;/q;2*-1;2*+1/p+2. The number of rotatable bonds is 6. The van der Waals surface area contributed by atoms with Gasteiger partial charge in [-0.25, -0.2) is 0 Å². The third kappa shape index (κ3) is 11.6. The van der Waals surface area contributed by atoms with E-state index in [0.717, 1.165) is 27.3 Å². The van der Waals surface area contributed by atoms with Crippen LogP contribution >= 0.6 is 15.8 Å². The van der Waals surface area contributed by atoms with Gasteiger partial charge >= 0.3 is 44.8 Å². The van der Waals surface area contributed by atoms with Gasteiger partial charge in [0.25, 0.3) is 0 Å². The van der Waals surface area contributed by atoms with Crippen LogP contribution < -0.4 is 21.2 Å². The van der Waals surface area contributed by atoms with Gasteiger partial charge in [-0.3, -0.25) is 11.8 Å². The van der Waals surface area contributed by atoms with Crippen LogP contribution in [0.15, 0.2) is 206 Å². The van der Waals surface area contributed by atoms with Crippen molar-refractivity contribution in [2.45, 2.75) is 0 Å². The summed E-state index contributed by atoms with van der Waals surface area (Å²) < 4.78 is 0. The van der Waals surface area contributed by atoms with E-state index in [0.29, 0.717) is 0 Å². The Morgan fingerprint density at radius 2 is 0.755 bits per heavy atom. The second-order valence-electron chi connectivity index (χ2n) is 11.9. The van der Waals surface area contributed by atoms with Crippen LogP contribution in [0.4, 0.5) is 0 Å². The Kier molecular flexibility index (Phi) is 17.3. The smallest absolute Gasteiger partial charge is 0.366 e. The minimum Gasteiger partial charge on any atom is -0.366 e. The maximum absolute atomic E-state index is 7.08. The van der Waals surface area contributed by atoms with E-state index in [2.05, 4.69) is 139 Å². The molecule has 0 amide bonds. The number of benzene rings is 8. The molecule has 0 aliphatic carbocycles. The molecule has 0 nitrogen and oxygen atoms in total. The molecule has 53 heavy (non-hydrogen) atoms. The predicted octanol–water partition coefficient (Wildman–Crippen LogP) is 10.2. The molecule has 4 heteroatoms. The summed E-state index contributed by atoms with van der Waals surface area (Å²) in [5.41, 5.74) is 1.68. The van der Waals surface area contributed by atoms with E-state index in [1.54, 1.807) is 0 Å². The van der Waals surface area contributed by atoms with Crippen molar-refractivity contribution in [2.24, 2.45) is 0 Å². The zero-order valence-corrected chi connectivity index (χ0v) is 33.9. The first-order valence-electron chi connectivity index (χ1n) is 17.0. The molecule has 0 aliphatic rings. The first-order valence-corrected chi connectivity index (χ1v) is 20.4. The first kappa shape index (κ1) is 41.5. The summed E-state index contributed by atoms with van der Waals surface area (Å²) in [6.45, 7) is 0. The van der Waals surface area contributed by atoms with Crippen LogP contribution in [0, 0.1) is 24.7 Å². The van der Waals surface area contributed by atoms with Gasteiger partial charge in [0.15, 0.2) is 5.90 Å². The molecular formula is C49H38Ag2P2+2. The summed E-state index contributed by atoms with van der Waals surface area (Å²) in [5.74, 6) is 6.04. The quantitative estimate of drug-likeness (QED) is 0.0675. The number of fused-ring (bicyclic) bond motifs is 2. The summed E-state index contributed by atoms with van der Waals surface area (Å²) in [7, 11) is -1.69. The van der Waals surface area contributed by atoms with Gasteiger partial charge in [0.05, 0.1) is 0 Å². The van der Waals surface area contributed by atoms with Gasteiger partial charge in [-0.1, -0.05) is 145 Å². The molecule has 0 radical (unpaired) electrons. The van der Waals surface area contributed by atoms with Gasteiger partial charge in [0, 0.05) is 0 Å². The van der Waals surface area contributed by atoms with Gasteiger partial charge in [-0.05, 0) is 64.7 Å². The molecule has 0 saturated carbocycles. The van der Waals surface area contributed by atoms with Gasteiger partial charge in [-0.15, -0.1) is 29.3 Å². The van der Waals surface area contributed by atoms with Crippen LogP contribution in [0.2, 0.25) is 0 Å². The molecule has 0 aliphatic heterocycles. The average molecular weight is 905 g/mol. The van der Waals surface area contributed by atoms with Crippen LogP contribution in [-0.2, 0) is 44.8 Å². The maximum atomic E-state index is 7.08. The zero-order valence-electron chi connectivity index (χ0n) is 28.9. The van der Waals surface area contributed by atoms with Crippen molar-refractivity contribution in [1.82, 2.24) is 0 Å². The summed E-state index contributed by atoms with van der Waals surface area (Å²) >= 11 is 0. The second kappa shape index (κ2) is 22.1. The predicted molar refractivity (Wildman–Crippen MR) is 226 cm³/mol. The maximum Gasteiger partial charge on any atom is 1.00 e. The molecule has 0 atom stereocenters. The molecule has 264 valence electrons. The van der Waals surface area contributed by atoms with E-state index in [1.165, 1.54) is 32.5 Å². The molecule has 8 rings (SSSR count). The van der Waals surface area contributed by atoms with Crippen molar-refractivity contribution in [1.29, 1.82) is 0 Å². The number of hydrogen-bond acceptors (Lipinski definition) is 0. The minimum absolute atomic E-state index is 0. The molecular weight excluding hydrogens is 866 g/mol. The SMILES string of the molecule is [Ag+].[Ag+].[C-]#Cc1ccc2ccccc2c1.[C-]#Cc1cccc2ccccc12.c1ccc([PH+](C[PH+](c2ccccc2)c2ccccc2)c2ccccc2)cc1. The Morgan fingerprint density at radius 3 is 1.21 bits per heavy atom. The van der Waals surface area contributed by atoms with Crippen LogP contribution in [0.5, 0.6) is 0 Å². The van der Waals surface area contributed by atoms with Gasteiger partial charge in [0.2, 0.25) is 0 Å². The molecule has 0 aromatic heterocycles. The summed E-state index contributed by atoms with van der Waals surface area (Å²) in [6.07, 6.45) is 14.0. The molecule has 0 spiro atoms. The normalized spacial score (nSPS) is 9.96. The van der Waals surface area contributed by atoms with Crippen molar-refractivity contribution in [3.63, 3.8) is 0 Å². The van der Waals surface area contributed by atoms with E-state index < -0.39 is 15.8 Å². The second-order valence-corrected chi connectivity index (χ2v) is 17.6. The Balaban J connectivity index is 0.000000200.